The fourth-order valence-electron chi connectivity index (χ4n) is 1.42. The molecule has 0 saturated carbocycles. The van der Waals surface area contributed by atoms with E-state index in [2.05, 4.69) is 0 Å². The average Bonchev–Trinajstić information content (AvgIpc) is 2.11. The minimum Gasteiger partial charge on any atom is -0.300 e. The number of halogens is 5. The standard InChI is InChI=1S/C11H19F5OS/c1-11(17)9-7-5-3-2-4-6-8-10-18(12,13,14,15)16/h8,10H,2-7,9H2,1H3/b10-8+. The number of allylic oxidation sites excluding steroid dienone is 1. The maximum atomic E-state index is 11.8. The molecule has 0 aliphatic heterocycles. The molecule has 0 radical (unpaired) electrons. The van der Waals surface area contributed by atoms with E-state index in [9.17, 15) is 24.2 Å². The van der Waals surface area contributed by atoms with Crippen molar-refractivity contribution >= 4 is 16.0 Å². The fraction of sp³-hybridized carbons (Fsp3) is 0.727. The summed E-state index contributed by atoms with van der Waals surface area (Å²) in [7, 11) is -9.36. The molecule has 0 aromatic heterocycles. The monoisotopic (exact) mass is 294 g/mol. The smallest absolute Gasteiger partial charge is 0.300 e. The molecule has 0 amide bonds. The summed E-state index contributed by atoms with van der Waals surface area (Å²) in [6.07, 6.45) is 4.56. The molecule has 1 nitrogen and oxygen atoms in total. The Balaban J connectivity index is 3.59. The van der Waals surface area contributed by atoms with E-state index >= 15 is 0 Å². The lowest BCUT2D eigenvalue weighted by atomic mass is 10.1. The first-order chi connectivity index (χ1) is 7.89. The second-order valence-electron chi connectivity index (χ2n) is 4.41. The predicted octanol–water partition coefficient (Wildman–Crippen LogP) is 6.12. The Labute approximate surface area is 104 Å². The molecule has 0 N–H and O–H groups in total. The molecule has 0 fully saturated rings. The highest BCUT2D eigenvalue weighted by atomic mass is 32.5. The van der Waals surface area contributed by atoms with Crippen LogP contribution in [-0.4, -0.2) is 5.78 Å². The summed E-state index contributed by atoms with van der Waals surface area (Å²) in [6.45, 7) is 1.50. The van der Waals surface area contributed by atoms with E-state index in [1.165, 1.54) is 6.92 Å². The molecular formula is C11H19F5OS. The van der Waals surface area contributed by atoms with Gasteiger partial charge in [-0.1, -0.05) is 44.8 Å². The first-order valence-electron chi connectivity index (χ1n) is 5.81. The van der Waals surface area contributed by atoms with Gasteiger partial charge in [0.15, 0.2) is 0 Å². The summed E-state index contributed by atoms with van der Waals surface area (Å²) in [5, 5.41) is -0.879. The van der Waals surface area contributed by atoms with Crippen molar-refractivity contribution in [1.29, 1.82) is 0 Å². The third kappa shape index (κ3) is 15.4. The summed E-state index contributed by atoms with van der Waals surface area (Å²) >= 11 is 0. The number of hydrogen-bond donors (Lipinski definition) is 0. The summed E-state index contributed by atoms with van der Waals surface area (Å²) < 4.78 is 59.2. The summed E-state index contributed by atoms with van der Waals surface area (Å²) in [5.41, 5.74) is 0. The molecule has 0 bridgehead atoms. The van der Waals surface area contributed by atoms with Gasteiger partial charge in [0.1, 0.15) is 5.78 Å². The summed E-state index contributed by atoms with van der Waals surface area (Å²) in [4.78, 5) is 10.6. The molecule has 0 aromatic rings. The number of hydrogen-bond acceptors (Lipinski definition) is 1. The molecule has 0 aliphatic rings. The summed E-state index contributed by atoms with van der Waals surface area (Å²) in [5.74, 6) is 0.119. The Bertz CT molecular complexity index is 305. The molecule has 0 atom stereocenters. The number of rotatable bonds is 9. The molecule has 0 unspecified atom stereocenters. The van der Waals surface area contributed by atoms with Gasteiger partial charge in [0.25, 0.3) is 0 Å². The molecule has 0 aliphatic carbocycles. The third-order valence-electron chi connectivity index (χ3n) is 2.25. The van der Waals surface area contributed by atoms with Gasteiger partial charge >= 0.3 is 10.2 Å². The second kappa shape index (κ2) is 5.59. The van der Waals surface area contributed by atoms with Crippen molar-refractivity contribution in [3.05, 3.63) is 11.5 Å². The lowest BCUT2D eigenvalue weighted by Crippen LogP contribution is -1.98. The van der Waals surface area contributed by atoms with Crippen LogP contribution in [-0.2, 0) is 4.79 Å². The van der Waals surface area contributed by atoms with Crippen molar-refractivity contribution in [1.82, 2.24) is 0 Å². The van der Waals surface area contributed by atoms with Crippen LogP contribution in [0.2, 0.25) is 0 Å². The van der Waals surface area contributed by atoms with Gasteiger partial charge in [-0.2, -0.15) is 0 Å². The Morgan fingerprint density at radius 2 is 1.44 bits per heavy atom. The maximum Gasteiger partial charge on any atom is 0.304 e. The van der Waals surface area contributed by atoms with E-state index in [0.717, 1.165) is 19.3 Å². The van der Waals surface area contributed by atoms with Gasteiger partial charge in [0.2, 0.25) is 0 Å². The van der Waals surface area contributed by atoms with Crippen LogP contribution in [0.1, 0.15) is 51.9 Å². The molecular weight excluding hydrogens is 275 g/mol. The number of unbranched alkanes of at least 4 members (excludes halogenated alkanes) is 5. The van der Waals surface area contributed by atoms with Crippen molar-refractivity contribution in [2.45, 2.75) is 51.9 Å². The van der Waals surface area contributed by atoms with Crippen molar-refractivity contribution in [3.8, 4) is 0 Å². The van der Waals surface area contributed by atoms with Crippen LogP contribution in [0.15, 0.2) is 11.5 Å². The third-order valence-corrected chi connectivity index (χ3v) is 2.96. The van der Waals surface area contributed by atoms with E-state index < -0.39 is 15.6 Å². The van der Waals surface area contributed by atoms with E-state index in [-0.39, 0.29) is 12.2 Å². The van der Waals surface area contributed by atoms with E-state index in [0.29, 0.717) is 25.3 Å². The molecule has 110 valence electrons. The van der Waals surface area contributed by atoms with Gasteiger partial charge in [-0.05, 0) is 26.2 Å². The molecule has 0 spiro atoms. The number of ketones is 1. The molecule has 0 saturated heterocycles. The molecule has 7 heteroatoms. The number of carbonyl (C=O) groups is 1. The van der Waals surface area contributed by atoms with Gasteiger partial charge in [-0.15, -0.1) is 0 Å². The zero-order valence-corrected chi connectivity index (χ0v) is 11.1. The van der Waals surface area contributed by atoms with Gasteiger partial charge in [-0.25, -0.2) is 0 Å². The lowest BCUT2D eigenvalue weighted by Gasteiger charge is -2.36. The van der Waals surface area contributed by atoms with Gasteiger partial charge in [0.05, 0.1) is 5.41 Å². The quantitative estimate of drug-likeness (QED) is 0.370. The molecule has 0 rings (SSSR count). The van der Waals surface area contributed by atoms with Crippen molar-refractivity contribution in [3.63, 3.8) is 0 Å². The average molecular weight is 294 g/mol. The Morgan fingerprint density at radius 1 is 0.944 bits per heavy atom. The Kier molecular flexibility index (Phi) is 5.40. The zero-order valence-electron chi connectivity index (χ0n) is 10.3. The molecule has 0 heterocycles. The highest BCUT2D eigenvalue weighted by Gasteiger charge is 2.60. The highest BCUT2D eigenvalue weighted by molar-refractivity contribution is 8.48. The van der Waals surface area contributed by atoms with Crippen molar-refractivity contribution < 1.29 is 24.2 Å². The van der Waals surface area contributed by atoms with Gasteiger partial charge in [-0.3, -0.25) is 0 Å². The van der Waals surface area contributed by atoms with Crippen LogP contribution in [0.4, 0.5) is 19.4 Å². The molecule has 18 heavy (non-hydrogen) atoms. The van der Waals surface area contributed by atoms with Crippen LogP contribution in [0.3, 0.4) is 0 Å². The first kappa shape index (κ1) is 17.4. The van der Waals surface area contributed by atoms with E-state index in [1.54, 1.807) is 0 Å². The predicted molar refractivity (Wildman–Crippen MR) is 65.3 cm³/mol. The second-order valence-corrected chi connectivity index (χ2v) is 6.74. The number of carbonyl (C=O) groups excluding carboxylic acids is 1. The minimum atomic E-state index is -9.36. The van der Waals surface area contributed by atoms with E-state index in [4.69, 9.17) is 0 Å². The molecule has 0 aromatic carbocycles. The van der Waals surface area contributed by atoms with Crippen LogP contribution in [0.25, 0.3) is 0 Å². The van der Waals surface area contributed by atoms with E-state index in [1.807, 2.05) is 0 Å². The number of Topliss-reactive ketones (excluding diaryl/α,β-unsaturated/α-hetero) is 1. The van der Waals surface area contributed by atoms with Gasteiger partial charge < -0.3 is 4.79 Å². The van der Waals surface area contributed by atoms with Crippen molar-refractivity contribution in [2.24, 2.45) is 0 Å². The lowest BCUT2D eigenvalue weighted by molar-refractivity contribution is -0.117. The van der Waals surface area contributed by atoms with Crippen molar-refractivity contribution in [2.75, 3.05) is 0 Å². The SMILES string of the molecule is CC(=O)CCCCCCC/C=C/S(F)(F)(F)(F)F. The van der Waals surface area contributed by atoms with Crippen LogP contribution >= 0.6 is 10.2 Å². The maximum absolute atomic E-state index is 11.8. The summed E-state index contributed by atoms with van der Waals surface area (Å²) in [6, 6.07) is 0. The van der Waals surface area contributed by atoms with Crippen LogP contribution in [0.5, 0.6) is 0 Å². The minimum absolute atomic E-state index is 0.00168. The largest absolute Gasteiger partial charge is 0.304 e. The normalized spacial score (nSPS) is 16.6. The Morgan fingerprint density at radius 3 is 1.94 bits per heavy atom. The van der Waals surface area contributed by atoms with Gasteiger partial charge in [0, 0.05) is 6.42 Å². The highest BCUT2D eigenvalue weighted by Crippen LogP contribution is 2.98. The Hall–Kier alpha value is -0.590. The fourth-order valence-corrected chi connectivity index (χ4v) is 1.92. The first-order valence-corrected chi connectivity index (χ1v) is 7.82. The van der Waals surface area contributed by atoms with Crippen LogP contribution in [0, 0.1) is 0 Å². The van der Waals surface area contributed by atoms with Crippen LogP contribution < -0.4 is 0 Å². The zero-order chi connectivity index (χ0) is 14.3. The topological polar surface area (TPSA) is 17.1 Å².